The molecule has 24 heavy (non-hydrogen) atoms. The number of anilines is 1. The van der Waals surface area contributed by atoms with Gasteiger partial charge in [-0.25, -0.2) is 8.42 Å². The summed E-state index contributed by atoms with van der Waals surface area (Å²) in [5, 5.41) is 3.96. The minimum atomic E-state index is -4.00. The number of rotatable bonds is 7. The zero-order valence-electron chi connectivity index (χ0n) is 13.5. The molecule has 2 rings (SSSR count). The van der Waals surface area contributed by atoms with Gasteiger partial charge in [-0.15, -0.1) is 0 Å². The topological polar surface area (TPSA) is 108 Å². The Morgan fingerprint density at radius 3 is 2.54 bits per heavy atom. The van der Waals surface area contributed by atoms with Gasteiger partial charge in [0.1, 0.15) is 11.4 Å². The Morgan fingerprint density at radius 2 is 2.00 bits per heavy atom. The quantitative estimate of drug-likeness (QED) is 0.740. The lowest BCUT2D eigenvalue weighted by Gasteiger charge is -2.20. The molecule has 0 amide bonds. The lowest BCUT2D eigenvalue weighted by atomic mass is 10.2. The lowest BCUT2D eigenvalue weighted by Crippen LogP contribution is -2.36. The van der Waals surface area contributed by atoms with Crippen molar-refractivity contribution in [2.75, 3.05) is 19.4 Å². The first-order valence-electron chi connectivity index (χ1n) is 7.32. The van der Waals surface area contributed by atoms with Crippen molar-refractivity contribution in [2.45, 2.75) is 24.9 Å². The molecule has 0 saturated heterocycles. The standard InChI is InChI=1S/C15H20N4O4S/c1-3-18-10-13(15(16)17-18)24(21,22)19(11-14(20)23-2)9-12-7-5-4-6-8-12/h4-8,10H,3,9,11H2,1-2H3,(H2,16,17). The van der Waals surface area contributed by atoms with Crippen LogP contribution >= 0.6 is 0 Å². The van der Waals surface area contributed by atoms with Crippen LogP contribution in [0.5, 0.6) is 0 Å². The van der Waals surface area contributed by atoms with E-state index in [1.165, 1.54) is 18.0 Å². The van der Waals surface area contributed by atoms with E-state index >= 15 is 0 Å². The average molecular weight is 352 g/mol. The normalized spacial score (nSPS) is 11.6. The number of nitrogen functional groups attached to an aromatic ring is 1. The molecule has 0 aliphatic rings. The maximum Gasteiger partial charge on any atom is 0.321 e. The van der Waals surface area contributed by atoms with Crippen LogP contribution in [-0.4, -0.2) is 42.1 Å². The van der Waals surface area contributed by atoms with Gasteiger partial charge in [-0.3, -0.25) is 9.48 Å². The second-order valence-corrected chi connectivity index (χ2v) is 6.98. The summed E-state index contributed by atoms with van der Waals surface area (Å²) in [6.07, 6.45) is 1.36. The van der Waals surface area contributed by atoms with Crippen LogP contribution in [-0.2, 0) is 32.6 Å². The molecule has 0 bridgehead atoms. The number of ether oxygens (including phenoxy) is 1. The SMILES string of the molecule is CCn1cc(S(=O)(=O)N(CC(=O)OC)Cc2ccccc2)c(N)n1. The van der Waals surface area contributed by atoms with Crippen LogP contribution in [0.25, 0.3) is 0 Å². The maximum absolute atomic E-state index is 12.9. The van der Waals surface area contributed by atoms with Crippen molar-refractivity contribution in [1.82, 2.24) is 14.1 Å². The largest absolute Gasteiger partial charge is 0.468 e. The van der Waals surface area contributed by atoms with Crippen LogP contribution in [0.3, 0.4) is 0 Å². The summed E-state index contributed by atoms with van der Waals surface area (Å²) < 4.78 is 32.9. The highest BCUT2D eigenvalue weighted by molar-refractivity contribution is 7.89. The van der Waals surface area contributed by atoms with E-state index in [-0.39, 0.29) is 17.3 Å². The number of nitrogens with two attached hydrogens (primary N) is 1. The Kier molecular flexibility index (Phi) is 5.58. The van der Waals surface area contributed by atoms with Crippen LogP contribution in [0.4, 0.5) is 5.82 Å². The van der Waals surface area contributed by atoms with E-state index in [1.54, 1.807) is 24.3 Å². The molecule has 1 aromatic carbocycles. The number of hydrogen-bond acceptors (Lipinski definition) is 6. The highest BCUT2D eigenvalue weighted by Gasteiger charge is 2.30. The van der Waals surface area contributed by atoms with Crippen molar-refractivity contribution < 1.29 is 17.9 Å². The van der Waals surface area contributed by atoms with Gasteiger partial charge in [0.2, 0.25) is 10.0 Å². The molecule has 0 radical (unpaired) electrons. The molecule has 1 heterocycles. The first-order chi connectivity index (χ1) is 11.4. The third-order valence-electron chi connectivity index (χ3n) is 3.43. The van der Waals surface area contributed by atoms with Gasteiger partial charge in [0.15, 0.2) is 5.82 Å². The van der Waals surface area contributed by atoms with E-state index in [2.05, 4.69) is 9.84 Å². The molecule has 0 aliphatic carbocycles. The molecule has 2 N–H and O–H groups in total. The second kappa shape index (κ2) is 7.45. The molecule has 0 atom stereocenters. The van der Waals surface area contributed by atoms with Gasteiger partial charge in [0.25, 0.3) is 0 Å². The summed E-state index contributed by atoms with van der Waals surface area (Å²) in [7, 11) is -2.79. The highest BCUT2D eigenvalue weighted by atomic mass is 32.2. The van der Waals surface area contributed by atoms with E-state index in [1.807, 2.05) is 13.0 Å². The molecule has 0 unspecified atom stereocenters. The zero-order valence-corrected chi connectivity index (χ0v) is 14.4. The number of hydrogen-bond donors (Lipinski definition) is 1. The third kappa shape index (κ3) is 3.92. The number of benzene rings is 1. The maximum atomic E-state index is 12.9. The number of aromatic nitrogens is 2. The van der Waals surface area contributed by atoms with Crippen molar-refractivity contribution in [2.24, 2.45) is 0 Å². The van der Waals surface area contributed by atoms with Gasteiger partial charge in [-0.05, 0) is 12.5 Å². The van der Waals surface area contributed by atoms with Crippen LogP contribution in [0, 0.1) is 0 Å². The fourth-order valence-electron chi connectivity index (χ4n) is 2.14. The highest BCUT2D eigenvalue weighted by Crippen LogP contribution is 2.23. The van der Waals surface area contributed by atoms with Gasteiger partial charge < -0.3 is 10.5 Å². The third-order valence-corrected chi connectivity index (χ3v) is 5.24. The van der Waals surface area contributed by atoms with Crippen molar-refractivity contribution in [3.8, 4) is 0 Å². The minimum Gasteiger partial charge on any atom is -0.468 e. The van der Waals surface area contributed by atoms with Gasteiger partial charge in [0, 0.05) is 19.3 Å². The van der Waals surface area contributed by atoms with E-state index in [0.29, 0.717) is 6.54 Å². The lowest BCUT2D eigenvalue weighted by molar-refractivity contribution is -0.140. The van der Waals surface area contributed by atoms with Gasteiger partial charge >= 0.3 is 5.97 Å². The number of methoxy groups -OCH3 is 1. The first-order valence-corrected chi connectivity index (χ1v) is 8.76. The molecule has 8 nitrogen and oxygen atoms in total. The fourth-order valence-corrected chi connectivity index (χ4v) is 3.57. The number of carbonyl (C=O) groups excluding carboxylic acids is 1. The summed E-state index contributed by atoms with van der Waals surface area (Å²) in [5.74, 6) is -0.754. The molecule has 1 aromatic heterocycles. The Bertz CT molecular complexity index is 802. The number of aryl methyl sites for hydroxylation is 1. The fraction of sp³-hybridized carbons (Fsp3) is 0.333. The summed E-state index contributed by atoms with van der Waals surface area (Å²) >= 11 is 0. The Morgan fingerprint density at radius 1 is 1.33 bits per heavy atom. The molecular weight excluding hydrogens is 332 g/mol. The summed E-state index contributed by atoms with van der Waals surface area (Å²) in [5.41, 5.74) is 6.49. The number of carbonyl (C=O) groups is 1. The van der Waals surface area contributed by atoms with Gasteiger partial charge in [-0.1, -0.05) is 30.3 Å². The van der Waals surface area contributed by atoms with E-state index in [9.17, 15) is 13.2 Å². The van der Waals surface area contributed by atoms with Crippen molar-refractivity contribution in [1.29, 1.82) is 0 Å². The number of nitrogens with zero attached hydrogens (tertiary/aromatic N) is 3. The van der Waals surface area contributed by atoms with Gasteiger partial charge in [-0.2, -0.15) is 9.40 Å². The van der Waals surface area contributed by atoms with Gasteiger partial charge in [0.05, 0.1) is 7.11 Å². The number of esters is 1. The molecule has 0 fully saturated rings. The molecule has 0 aliphatic heterocycles. The second-order valence-electron chi connectivity index (χ2n) is 5.07. The smallest absolute Gasteiger partial charge is 0.321 e. The van der Waals surface area contributed by atoms with Crippen molar-refractivity contribution in [3.63, 3.8) is 0 Å². The predicted octanol–water partition coefficient (Wildman–Crippen LogP) is 0.849. The Labute approximate surface area is 140 Å². The van der Waals surface area contributed by atoms with Crippen LogP contribution in [0.2, 0.25) is 0 Å². The Hall–Kier alpha value is -2.39. The average Bonchev–Trinajstić information content (AvgIpc) is 2.96. The van der Waals surface area contributed by atoms with Crippen LogP contribution in [0.15, 0.2) is 41.4 Å². The van der Waals surface area contributed by atoms with E-state index < -0.39 is 22.5 Å². The molecule has 0 saturated carbocycles. The van der Waals surface area contributed by atoms with Crippen molar-refractivity contribution in [3.05, 3.63) is 42.1 Å². The molecule has 130 valence electrons. The summed E-state index contributed by atoms with van der Waals surface area (Å²) in [6.45, 7) is 1.91. The van der Waals surface area contributed by atoms with Crippen molar-refractivity contribution >= 4 is 21.8 Å². The summed E-state index contributed by atoms with van der Waals surface area (Å²) in [6, 6.07) is 8.96. The summed E-state index contributed by atoms with van der Waals surface area (Å²) in [4.78, 5) is 11.5. The molecule has 0 spiro atoms. The molecule has 2 aromatic rings. The van der Waals surface area contributed by atoms with Crippen LogP contribution < -0.4 is 5.73 Å². The first kappa shape index (κ1) is 18.0. The predicted molar refractivity (Wildman–Crippen MR) is 88.4 cm³/mol. The zero-order chi connectivity index (χ0) is 17.7. The Balaban J connectivity index is 2.40. The van der Waals surface area contributed by atoms with Crippen LogP contribution in [0.1, 0.15) is 12.5 Å². The number of sulfonamides is 1. The molecule has 9 heteroatoms. The van der Waals surface area contributed by atoms with E-state index in [0.717, 1.165) is 9.87 Å². The van der Waals surface area contributed by atoms with E-state index in [4.69, 9.17) is 5.73 Å². The monoisotopic (exact) mass is 352 g/mol. The molecular formula is C15H20N4O4S. The minimum absolute atomic E-state index is 0.0228.